The van der Waals surface area contributed by atoms with Gasteiger partial charge in [-0.25, -0.2) is 9.37 Å². The maximum Gasteiger partial charge on any atom is 0.125 e. The number of imidazole rings is 1. The van der Waals surface area contributed by atoms with Crippen molar-refractivity contribution in [2.45, 2.75) is 51.5 Å². The average Bonchev–Trinajstić information content (AvgIpc) is 2.83. The van der Waals surface area contributed by atoms with Crippen LogP contribution in [0.4, 0.5) is 4.39 Å². The Bertz CT molecular complexity index is 602. The third-order valence-corrected chi connectivity index (χ3v) is 4.78. The second-order valence-corrected chi connectivity index (χ2v) is 6.42. The largest absolute Gasteiger partial charge is 0.328 e. The molecule has 0 saturated heterocycles. The first-order valence-corrected chi connectivity index (χ1v) is 8.52. The van der Waals surface area contributed by atoms with E-state index in [4.69, 9.17) is 11.6 Å². The van der Waals surface area contributed by atoms with E-state index in [9.17, 15) is 4.39 Å². The minimum absolute atomic E-state index is 0.225. The number of hydrogen-bond acceptors (Lipinski definition) is 1. The molecule has 0 atom stereocenters. The molecule has 2 aromatic rings. The van der Waals surface area contributed by atoms with Crippen LogP contribution in [-0.4, -0.2) is 15.4 Å². The fourth-order valence-corrected chi connectivity index (χ4v) is 3.63. The maximum absolute atomic E-state index is 13.4. The van der Waals surface area contributed by atoms with E-state index >= 15 is 0 Å². The van der Waals surface area contributed by atoms with Crippen molar-refractivity contribution in [3.63, 3.8) is 0 Å². The van der Waals surface area contributed by atoms with Crippen LogP contribution in [0.2, 0.25) is 0 Å². The Hall–Kier alpha value is -1.09. The highest BCUT2D eigenvalue weighted by atomic mass is 35.5. The fourth-order valence-electron chi connectivity index (χ4n) is 3.47. The van der Waals surface area contributed by atoms with Crippen LogP contribution in [0.5, 0.6) is 0 Å². The van der Waals surface area contributed by atoms with E-state index in [1.807, 2.05) is 6.07 Å². The molecule has 1 aliphatic carbocycles. The van der Waals surface area contributed by atoms with Crippen LogP contribution in [0, 0.1) is 11.7 Å². The summed E-state index contributed by atoms with van der Waals surface area (Å²) in [6.45, 7) is 0.971. The van der Waals surface area contributed by atoms with Gasteiger partial charge in [-0.05, 0) is 24.5 Å². The standard InChI is InChI=1S/C17H22ClFN2/c18-10-8-17-20-15-12-14(19)6-7-16(15)21(17)11-9-13-4-2-1-3-5-13/h6-7,12-13H,1-5,8-11H2. The molecular weight excluding hydrogens is 287 g/mol. The van der Waals surface area contributed by atoms with E-state index in [1.165, 1.54) is 50.7 Å². The van der Waals surface area contributed by atoms with E-state index in [1.54, 1.807) is 0 Å². The highest BCUT2D eigenvalue weighted by Gasteiger charge is 2.16. The summed E-state index contributed by atoms with van der Waals surface area (Å²) < 4.78 is 15.6. The van der Waals surface area contributed by atoms with Gasteiger partial charge in [-0.2, -0.15) is 0 Å². The van der Waals surface area contributed by atoms with Crippen molar-refractivity contribution in [3.8, 4) is 0 Å². The quantitative estimate of drug-likeness (QED) is 0.716. The van der Waals surface area contributed by atoms with Gasteiger partial charge in [-0.1, -0.05) is 32.1 Å². The summed E-state index contributed by atoms with van der Waals surface area (Å²) in [7, 11) is 0. The molecule has 1 aromatic carbocycles. The normalized spacial score (nSPS) is 16.7. The van der Waals surface area contributed by atoms with Gasteiger partial charge in [0.1, 0.15) is 11.6 Å². The first-order valence-electron chi connectivity index (χ1n) is 7.98. The van der Waals surface area contributed by atoms with Crippen molar-refractivity contribution in [1.29, 1.82) is 0 Å². The highest BCUT2D eigenvalue weighted by molar-refractivity contribution is 6.17. The monoisotopic (exact) mass is 308 g/mol. The first-order chi connectivity index (χ1) is 10.3. The number of fused-ring (bicyclic) bond motifs is 1. The lowest BCUT2D eigenvalue weighted by Gasteiger charge is -2.22. The molecule has 2 nitrogen and oxygen atoms in total. The number of rotatable bonds is 5. The number of benzene rings is 1. The van der Waals surface area contributed by atoms with Gasteiger partial charge in [0.25, 0.3) is 0 Å². The lowest BCUT2D eigenvalue weighted by molar-refractivity contribution is 0.324. The second kappa shape index (κ2) is 6.78. The van der Waals surface area contributed by atoms with Crippen LogP contribution in [0.3, 0.4) is 0 Å². The Balaban J connectivity index is 1.82. The SMILES string of the molecule is Fc1ccc2c(c1)nc(CCCl)n2CCC1CCCCC1. The van der Waals surface area contributed by atoms with Gasteiger partial charge in [0.2, 0.25) is 0 Å². The van der Waals surface area contributed by atoms with Crippen LogP contribution in [0.25, 0.3) is 11.0 Å². The first kappa shape index (κ1) is 14.8. The van der Waals surface area contributed by atoms with Crippen molar-refractivity contribution >= 4 is 22.6 Å². The minimum atomic E-state index is -0.225. The van der Waals surface area contributed by atoms with E-state index in [0.29, 0.717) is 5.88 Å². The molecule has 1 aromatic heterocycles. The molecule has 21 heavy (non-hydrogen) atoms. The molecule has 0 spiro atoms. The van der Waals surface area contributed by atoms with Crippen LogP contribution >= 0.6 is 11.6 Å². The summed E-state index contributed by atoms with van der Waals surface area (Å²) in [5, 5.41) is 0. The van der Waals surface area contributed by atoms with Crippen LogP contribution in [0.15, 0.2) is 18.2 Å². The number of aromatic nitrogens is 2. The molecule has 0 amide bonds. The van der Waals surface area contributed by atoms with Crippen molar-refractivity contribution < 1.29 is 4.39 Å². The molecule has 1 aliphatic rings. The Morgan fingerprint density at radius 3 is 2.81 bits per heavy atom. The fraction of sp³-hybridized carbons (Fsp3) is 0.588. The van der Waals surface area contributed by atoms with Crippen LogP contribution in [0.1, 0.15) is 44.3 Å². The highest BCUT2D eigenvalue weighted by Crippen LogP contribution is 2.28. The van der Waals surface area contributed by atoms with Crippen LogP contribution in [-0.2, 0) is 13.0 Å². The molecular formula is C17H22ClFN2. The lowest BCUT2D eigenvalue weighted by atomic mass is 9.87. The molecule has 114 valence electrons. The summed E-state index contributed by atoms with van der Waals surface area (Å²) in [6.07, 6.45) is 8.77. The summed E-state index contributed by atoms with van der Waals surface area (Å²) in [6, 6.07) is 4.88. The van der Waals surface area contributed by atoms with Gasteiger partial charge in [-0.3, -0.25) is 0 Å². The number of halogens is 2. The molecule has 0 radical (unpaired) electrons. The summed E-state index contributed by atoms with van der Waals surface area (Å²) in [4.78, 5) is 4.57. The molecule has 0 aliphatic heterocycles. The molecule has 4 heteroatoms. The van der Waals surface area contributed by atoms with Gasteiger partial charge in [0.05, 0.1) is 11.0 Å². The number of nitrogens with zero attached hydrogens (tertiary/aromatic N) is 2. The zero-order valence-corrected chi connectivity index (χ0v) is 13.1. The topological polar surface area (TPSA) is 17.8 Å². The second-order valence-electron chi connectivity index (χ2n) is 6.04. The van der Waals surface area contributed by atoms with Gasteiger partial charge in [0, 0.05) is 24.9 Å². The van der Waals surface area contributed by atoms with Gasteiger partial charge in [-0.15, -0.1) is 11.6 Å². The Kier molecular flexibility index (Phi) is 4.79. The van der Waals surface area contributed by atoms with Crippen LogP contribution < -0.4 is 0 Å². The Morgan fingerprint density at radius 1 is 1.24 bits per heavy atom. The molecule has 0 bridgehead atoms. The van der Waals surface area contributed by atoms with E-state index in [0.717, 1.165) is 35.7 Å². The third-order valence-electron chi connectivity index (χ3n) is 4.59. The predicted molar refractivity (Wildman–Crippen MR) is 85.3 cm³/mol. The number of alkyl halides is 1. The van der Waals surface area contributed by atoms with Crippen molar-refractivity contribution in [1.82, 2.24) is 9.55 Å². The summed E-state index contributed by atoms with van der Waals surface area (Å²) in [5.74, 6) is 2.15. The minimum Gasteiger partial charge on any atom is -0.328 e. The van der Waals surface area contributed by atoms with E-state index in [-0.39, 0.29) is 5.82 Å². The Morgan fingerprint density at radius 2 is 2.05 bits per heavy atom. The van der Waals surface area contributed by atoms with Crippen molar-refractivity contribution in [2.24, 2.45) is 5.92 Å². The predicted octanol–water partition coefficient (Wildman–Crippen LogP) is 4.93. The average molecular weight is 309 g/mol. The van der Waals surface area contributed by atoms with Gasteiger partial charge in [0.15, 0.2) is 0 Å². The molecule has 0 unspecified atom stereocenters. The Labute approximate surface area is 130 Å². The zero-order valence-electron chi connectivity index (χ0n) is 12.3. The molecule has 1 heterocycles. The van der Waals surface area contributed by atoms with Gasteiger partial charge < -0.3 is 4.57 Å². The molecule has 3 rings (SSSR count). The number of hydrogen-bond donors (Lipinski definition) is 0. The van der Waals surface area contributed by atoms with E-state index < -0.39 is 0 Å². The lowest BCUT2D eigenvalue weighted by Crippen LogP contribution is -2.12. The zero-order chi connectivity index (χ0) is 14.7. The maximum atomic E-state index is 13.4. The third kappa shape index (κ3) is 3.39. The summed E-state index contributed by atoms with van der Waals surface area (Å²) in [5.41, 5.74) is 1.78. The summed E-state index contributed by atoms with van der Waals surface area (Å²) >= 11 is 5.89. The number of aryl methyl sites for hydroxylation is 2. The van der Waals surface area contributed by atoms with E-state index in [2.05, 4.69) is 9.55 Å². The van der Waals surface area contributed by atoms with Crippen molar-refractivity contribution in [3.05, 3.63) is 29.8 Å². The molecule has 0 N–H and O–H groups in total. The molecule has 1 saturated carbocycles. The van der Waals surface area contributed by atoms with Gasteiger partial charge >= 0.3 is 0 Å². The molecule has 1 fully saturated rings. The van der Waals surface area contributed by atoms with Crippen molar-refractivity contribution in [2.75, 3.05) is 5.88 Å². The smallest absolute Gasteiger partial charge is 0.125 e.